The third-order valence-corrected chi connectivity index (χ3v) is 5.04. The van der Waals surface area contributed by atoms with Crippen molar-refractivity contribution in [3.63, 3.8) is 0 Å². The van der Waals surface area contributed by atoms with Crippen molar-refractivity contribution in [2.45, 2.75) is 32.2 Å². The summed E-state index contributed by atoms with van der Waals surface area (Å²) in [6.07, 6.45) is 2.76. The fourth-order valence-corrected chi connectivity index (χ4v) is 3.42. The molecule has 8 heteroatoms. The van der Waals surface area contributed by atoms with Crippen LogP contribution in [0.2, 0.25) is 0 Å². The molecule has 0 spiro atoms. The first kappa shape index (κ1) is 21.2. The second-order valence-corrected chi connectivity index (χ2v) is 6.74. The van der Waals surface area contributed by atoms with Crippen molar-refractivity contribution >= 4 is 18.3 Å². The zero-order valence-corrected chi connectivity index (χ0v) is 17.0. The topological polar surface area (TPSA) is 72.3 Å². The quantitative estimate of drug-likeness (QED) is 0.814. The van der Waals surface area contributed by atoms with Crippen LogP contribution in [0.4, 0.5) is 0 Å². The first-order valence-electron chi connectivity index (χ1n) is 9.11. The van der Waals surface area contributed by atoms with Crippen molar-refractivity contribution < 1.29 is 9.53 Å². The Morgan fingerprint density at radius 3 is 2.74 bits per heavy atom. The SMILES string of the molecule is COc1ccccc1CCN(C)C(=O)c1nnn(C2CCNCC2)c1C.Cl. The van der Waals surface area contributed by atoms with Crippen LogP contribution in [0.1, 0.15) is 40.6 Å². The van der Waals surface area contributed by atoms with E-state index in [2.05, 4.69) is 15.6 Å². The Balaban J connectivity index is 0.00000261. The van der Waals surface area contributed by atoms with Gasteiger partial charge in [0.25, 0.3) is 5.91 Å². The lowest BCUT2D eigenvalue weighted by Crippen LogP contribution is -2.31. The van der Waals surface area contributed by atoms with Gasteiger partial charge in [-0.2, -0.15) is 0 Å². The lowest BCUT2D eigenvalue weighted by molar-refractivity contribution is 0.0789. The first-order valence-corrected chi connectivity index (χ1v) is 9.11. The number of piperidine rings is 1. The van der Waals surface area contributed by atoms with Crippen molar-refractivity contribution in [2.24, 2.45) is 0 Å². The molecule has 0 aliphatic carbocycles. The number of nitrogens with one attached hydrogen (secondary N) is 1. The molecule has 1 aliphatic heterocycles. The van der Waals surface area contributed by atoms with Crippen molar-refractivity contribution in [1.82, 2.24) is 25.2 Å². The van der Waals surface area contributed by atoms with Crippen LogP contribution < -0.4 is 10.1 Å². The molecule has 3 rings (SSSR count). The second-order valence-electron chi connectivity index (χ2n) is 6.74. The zero-order valence-electron chi connectivity index (χ0n) is 16.1. The summed E-state index contributed by atoms with van der Waals surface area (Å²) >= 11 is 0. The van der Waals surface area contributed by atoms with E-state index in [4.69, 9.17) is 4.74 Å². The lowest BCUT2D eigenvalue weighted by Gasteiger charge is -2.23. The maximum Gasteiger partial charge on any atom is 0.276 e. The summed E-state index contributed by atoms with van der Waals surface area (Å²) in [5.41, 5.74) is 2.39. The third kappa shape index (κ3) is 4.78. The molecule has 1 saturated heterocycles. The molecule has 1 fully saturated rings. The molecule has 0 bridgehead atoms. The second kappa shape index (κ2) is 9.71. The van der Waals surface area contributed by atoms with Crippen molar-refractivity contribution in [1.29, 1.82) is 0 Å². The van der Waals surface area contributed by atoms with Gasteiger partial charge >= 0.3 is 0 Å². The molecule has 1 N–H and O–H groups in total. The van der Waals surface area contributed by atoms with E-state index in [0.29, 0.717) is 18.3 Å². The van der Waals surface area contributed by atoms with Crippen LogP contribution in [0, 0.1) is 6.92 Å². The Bertz CT molecular complexity index is 758. The molecule has 27 heavy (non-hydrogen) atoms. The molecule has 2 aromatic rings. The highest BCUT2D eigenvalue weighted by molar-refractivity contribution is 5.93. The zero-order chi connectivity index (χ0) is 18.5. The fourth-order valence-electron chi connectivity index (χ4n) is 3.42. The predicted octanol–water partition coefficient (Wildman–Crippen LogP) is 2.26. The Morgan fingerprint density at radius 2 is 2.04 bits per heavy atom. The van der Waals surface area contributed by atoms with E-state index in [9.17, 15) is 4.79 Å². The summed E-state index contributed by atoms with van der Waals surface area (Å²) in [4.78, 5) is 14.5. The Kier molecular flexibility index (Phi) is 7.62. The van der Waals surface area contributed by atoms with Gasteiger partial charge in [0.2, 0.25) is 0 Å². The van der Waals surface area contributed by atoms with Gasteiger partial charge in [-0.15, -0.1) is 17.5 Å². The van der Waals surface area contributed by atoms with Gasteiger partial charge in [-0.1, -0.05) is 23.4 Å². The third-order valence-electron chi connectivity index (χ3n) is 5.04. The van der Waals surface area contributed by atoms with Gasteiger partial charge in [-0.3, -0.25) is 4.79 Å². The summed E-state index contributed by atoms with van der Waals surface area (Å²) in [5.74, 6) is 0.763. The van der Waals surface area contributed by atoms with Crippen molar-refractivity contribution in [3.8, 4) is 5.75 Å². The monoisotopic (exact) mass is 393 g/mol. The van der Waals surface area contributed by atoms with E-state index < -0.39 is 0 Å². The number of nitrogens with zero attached hydrogens (tertiary/aromatic N) is 4. The highest BCUT2D eigenvalue weighted by Crippen LogP contribution is 2.21. The Morgan fingerprint density at radius 1 is 1.33 bits per heavy atom. The number of rotatable bonds is 6. The number of benzene rings is 1. The van der Waals surface area contributed by atoms with Crippen LogP contribution >= 0.6 is 12.4 Å². The average Bonchev–Trinajstić information content (AvgIpc) is 3.07. The largest absolute Gasteiger partial charge is 0.496 e. The number of hydrogen-bond donors (Lipinski definition) is 1. The molecule has 1 aliphatic rings. The number of carbonyl (C=O) groups is 1. The van der Waals surface area contributed by atoms with Gasteiger partial charge in [-0.25, -0.2) is 4.68 Å². The van der Waals surface area contributed by atoms with Gasteiger partial charge in [0.05, 0.1) is 18.8 Å². The summed E-state index contributed by atoms with van der Waals surface area (Å²) in [5, 5.41) is 11.8. The predicted molar refractivity (Wildman–Crippen MR) is 107 cm³/mol. The molecule has 1 amide bonds. The maximum absolute atomic E-state index is 12.8. The molecule has 1 aromatic heterocycles. The van der Waals surface area contributed by atoms with Gasteiger partial charge in [0.15, 0.2) is 5.69 Å². The van der Waals surface area contributed by atoms with E-state index in [1.165, 1.54) is 0 Å². The number of carbonyl (C=O) groups excluding carboxylic acids is 1. The maximum atomic E-state index is 12.8. The van der Waals surface area contributed by atoms with Crippen LogP contribution in [0.5, 0.6) is 5.75 Å². The van der Waals surface area contributed by atoms with E-state index in [-0.39, 0.29) is 18.3 Å². The molecule has 0 radical (unpaired) electrons. The molecule has 148 valence electrons. The summed E-state index contributed by atoms with van der Waals surface area (Å²) in [6, 6.07) is 8.21. The number of methoxy groups -OCH3 is 1. The number of aromatic nitrogens is 3. The highest BCUT2D eigenvalue weighted by Gasteiger charge is 2.24. The first-order chi connectivity index (χ1) is 12.6. The fraction of sp³-hybridized carbons (Fsp3) is 0.526. The summed E-state index contributed by atoms with van der Waals surface area (Å²) in [7, 11) is 3.47. The Hall–Kier alpha value is -2.12. The molecular weight excluding hydrogens is 366 g/mol. The van der Waals surface area contributed by atoms with Crippen LogP contribution in [-0.4, -0.2) is 59.6 Å². The number of amides is 1. The summed E-state index contributed by atoms with van der Waals surface area (Å²) in [6.45, 7) is 4.49. The van der Waals surface area contributed by atoms with Crippen LogP contribution in [-0.2, 0) is 6.42 Å². The van der Waals surface area contributed by atoms with Crippen LogP contribution in [0.15, 0.2) is 24.3 Å². The minimum Gasteiger partial charge on any atom is -0.496 e. The standard InChI is InChI=1S/C19H27N5O2.ClH/c1-14-18(21-22-24(14)16-8-11-20-12-9-16)19(25)23(2)13-10-15-6-4-5-7-17(15)26-3;/h4-7,16,20H,8-13H2,1-3H3;1H. The minimum absolute atomic E-state index is 0. The van der Waals surface area contributed by atoms with E-state index in [1.807, 2.05) is 35.9 Å². The van der Waals surface area contributed by atoms with Gasteiger partial charge in [-0.05, 0) is 50.9 Å². The summed E-state index contributed by atoms with van der Waals surface area (Å²) < 4.78 is 7.30. The van der Waals surface area contributed by atoms with E-state index in [1.54, 1.807) is 19.1 Å². The van der Waals surface area contributed by atoms with Crippen LogP contribution in [0.25, 0.3) is 0 Å². The number of halogens is 1. The van der Waals surface area contributed by atoms with E-state index in [0.717, 1.165) is 49.4 Å². The minimum atomic E-state index is -0.0856. The van der Waals surface area contributed by atoms with Gasteiger partial charge in [0, 0.05) is 13.6 Å². The molecule has 7 nitrogen and oxygen atoms in total. The number of para-hydroxylation sites is 1. The molecule has 2 heterocycles. The van der Waals surface area contributed by atoms with Crippen molar-refractivity contribution in [3.05, 3.63) is 41.2 Å². The van der Waals surface area contributed by atoms with Gasteiger partial charge < -0.3 is 15.0 Å². The van der Waals surface area contributed by atoms with Gasteiger partial charge in [0.1, 0.15) is 5.75 Å². The van der Waals surface area contributed by atoms with Crippen LogP contribution in [0.3, 0.4) is 0 Å². The normalized spacial score (nSPS) is 14.5. The number of ether oxygens (including phenoxy) is 1. The molecule has 0 atom stereocenters. The number of hydrogen-bond acceptors (Lipinski definition) is 5. The highest BCUT2D eigenvalue weighted by atomic mass is 35.5. The molecule has 1 aromatic carbocycles. The lowest BCUT2D eigenvalue weighted by atomic mass is 10.1. The average molecular weight is 394 g/mol. The molecule has 0 saturated carbocycles. The molecule has 0 unspecified atom stereocenters. The molecular formula is C19H28ClN5O2. The smallest absolute Gasteiger partial charge is 0.276 e. The van der Waals surface area contributed by atoms with E-state index >= 15 is 0 Å². The van der Waals surface area contributed by atoms with Crippen molar-refractivity contribution in [2.75, 3.05) is 33.8 Å². The Labute approximate surface area is 166 Å². The number of likely N-dealkylation sites (N-methyl/N-ethyl adjacent to an activating group) is 1.